The maximum atomic E-state index is 3.57. The molecule has 1 heterocycles. The minimum atomic E-state index is 0.513. The third-order valence-corrected chi connectivity index (χ3v) is 4.21. The normalized spacial score (nSPS) is 23.6. The molecule has 2 unspecified atom stereocenters. The fraction of sp³-hybridized carbons (Fsp3) is 0.571. The van der Waals surface area contributed by atoms with Gasteiger partial charge >= 0.3 is 0 Å². The number of rotatable bonds is 3. The quantitative estimate of drug-likeness (QED) is 0.921. The highest BCUT2D eigenvalue weighted by Gasteiger charge is 2.22. The van der Waals surface area contributed by atoms with Crippen molar-refractivity contribution in [2.75, 3.05) is 19.6 Å². The van der Waals surface area contributed by atoms with Gasteiger partial charge in [-0.1, -0.05) is 35.0 Å². The van der Waals surface area contributed by atoms with E-state index in [9.17, 15) is 0 Å². The fourth-order valence-corrected chi connectivity index (χ4v) is 2.69. The molecule has 1 aromatic rings. The van der Waals surface area contributed by atoms with Crippen molar-refractivity contribution < 1.29 is 0 Å². The third-order valence-electron chi connectivity index (χ3n) is 3.68. The van der Waals surface area contributed by atoms with Crippen LogP contribution in [0.5, 0.6) is 0 Å². The van der Waals surface area contributed by atoms with Gasteiger partial charge < -0.3 is 5.32 Å². The van der Waals surface area contributed by atoms with Crippen LogP contribution in [0.1, 0.15) is 31.9 Å². The molecule has 1 fully saturated rings. The maximum absolute atomic E-state index is 3.57. The number of halogens is 1. The van der Waals surface area contributed by atoms with Crippen molar-refractivity contribution in [3.05, 3.63) is 34.3 Å². The van der Waals surface area contributed by atoms with Gasteiger partial charge in [0, 0.05) is 36.2 Å². The number of nitrogens with zero attached hydrogens (tertiary/aromatic N) is 1. The zero-order valence-electron chi connectivity index (χ0n) is 10.6. The van der Waals surface area contributed by atoms with Gasteiger partial charge in [0.1, 0.15) is 0 Å². The standard InChI is InChI=1S/C14H21BrN2/c1-3-14-10-17(9-8-16-14)11(2)12-4-6-13(15)7-5-12/h4-7,11,14,16H,3,8-10H2,1-2H3. The highest BCUT2D eigenvalue weighted by atomic mass is 79.9. The van der Waals surface area contributed by atoms with Crippen molar-refractivity contribution in [1.82, 2.24) is 10.2 Å². The largest absolute Gasteiger partial charge is 0.311 e. The lowest BCUT2D eigenvalue weighted by atomic mass is 10.0. The molecule has 3 heteroatoms. The Kier molecular flexibility index (Phi) is 4.60. The number of hydrogen-bond acceptors (Lipinski definition) is 2. The molecule has 17 heavy (non-hydrogen) atoms. The van der Waals surface area contributed by atoms with Crippen LogP contribution < -0.4 is 5.32 Å². The van der Waals surface area contributed by atoms with E-state index < -0.39 is 0 Å². The molecule has 2 rings (SSSR count). The first-order valence-corrected chi connectivity index (χ1v) is 7.23. The first kappa shape index (κ1) is 13.1. The van der Waals surface area contributed by atoms with E-state index in [1.54, 1.807) is 0 Å². The van der Waals surface area contributed by atoms with E-state index >= 15 is 0 Å². The molecule has 0 saturated carbocycles. The minimum absolute atomic E-state index is 0.513. The van der Waals surface area contributed by atoms with Crippen LogP contribution in [0.4, 0.5) is 0 Å². The lowest BCUT2D eigenvalue weighted by molar-refractivity contribution is 0.151. The summed E-state index contributed by atoms with van der Waals surface area (Å²) in [5, 5.41) is 3.57. The Hall–Kier alpha value is -0.380. The first-order chi connectivity index (χ1) is 8.20. The molecule has 1 aliphatic heterocycles. The third kappa shape index (κ3) is 3.30. The van der Waals surface area contributed by atoms with Gasteiger partial charge in [0.2, 0.25) is 0 Å². The predicted octanol–water partition coefficient (Wildman–Crippen LogP) is 3.19. The molecule has 0 bridgehead atoms. The monoisotopic (exact) mass is 296 g/mol. The van der Waals surface area contributed by atoms with E-state index in [2.05, 4.69) is 64.3 Å². The minimum Gasteiger partial charge on any atom is -0.311 e. The van der Waals surface area contributed by atoms with E-state index in [1.807, 2.05) is 0 Å². The Bertz CT molecular complexity index is 350. The fourth-order valence-electron chi connectivity index (χ4n) is 2.43. The van der Waals surface area contributed by atoms with Crippen LogP contribution >= 0.6 is 15.9 Å². The molecule has 1 saturated heterocycles. The molecular formula is C14H21BrN2. The SMILES string of the molecule is CCC1CN(C(C)c2ccc(Br)cc2)CCN1. The molecule has 94 valence electrons. The maximum Gasteiger partial charge on any atom is 0.0321 e. The molecule has 0 radical (unpaired) electrons. The van der Waals surface area contributed by atoms with E-state index in [4.69, 9.17) is 0 Å². The summed E-state index contributed by atoms with van der Waals surface area (Å²) in [6, 6.07) is 9.87. The van der Waals surface area contributed by atoms with Crippen molar-refractivity contribution >= 4 is 15.9 Å². The van der Waals surface area contributed by atoms with Crippen LogP contribution in [0.3, 0.4) is 0 Å². The molecule has 1 aromatic carbocycles. The number of hydrogen-bond donors (Lipinski definition) is 1. The number of piperazine rings is 1. The summed E-state index contributed by atoms with van der Waals surface area (Å²) in [7, 11) is 0. The van der Waals surface area contributed by atoms with E-state index in [-0.39, 0.29) is 0 Å². The zero-order valence-corrected chi connectivity index (χ0v) is 12.2. The molecule has 1 aliphatic rings. The van der Waals surface area contributed by atoms with Gasteiger partial charge in [0.05, 0.1) is 0 Å². The van der Waals surface area contributed by atoms with Gasteiger partial charge in [0.25, 0.3) is 0 Å². The first-order valence-electron chi connectivity index (χ1n) is 6.43. The second-order valence-electron chi connectivity index (χ2n) is 4.78. The Morgan fingerprint density at radius 3 is 2.76 bits per heavy atom. The summed E-state index contributed by atoms with van der Waals surface area (Å²) in [4.78, 5) is 2.58. The van der Waals surface area contributed by atoms with Crippen LogP contribution in [-0.4, -0.2) is 30.6 Å². The van der Waals surface area contributed by atoms with Crippen LogP contribution in [0, 0.1) is 0 Å². The van der Waals surface area contributed by atoms with Crippen LogP contribution in [0.2, 0.25) is 0 Å². The van der Waals surface area contributed by atoms with Crippen LogP contribution in [0.25, 0.3) is 0 Å². The molecule has 0 aromatic heterocycles. The van der Waals surface area contributed by atoms with E-state index in [0.29, 0.717) is 12.1 Å². The van der Waals surface area contributed by atoms with Crippen molar-refractivity contribution in [1.29, 1.82) is 0 Å². The zero-order chi connectivity index (χ0) is 12.3. The van der Waals surface area contributed by atoms with Crippen molar-refractivity contribution in [3.63, 3.8) is 0 Å². The average molecular weight is 297 g/mol. The van der Waals surface area contributed by atoms with Crippen molar-refractivity contribution in [2.45, 2.75) is 32.4 Å². The number of benzene rings is 1. The Morgan fingerprint density at radius 2 is 2.12 bits per heavy atom. The molecule has 0 spiro atoms. The molecular weight excluding hydrogens is 276 g/mol. The second-order valence-corrected chi connectivity index (χ2v) is 5.70. The Balaban J connectivity index is 2.03. The molecule has 1 N–H and O–H groups in total. The van der Waals surface area contributed by atoms with Gasteiger partial charge in [-0.25, -0.2) is 0 Å². The van der Waals surface area contributed by atoms with E-state index in [0.717, 1.165) is 24.1 Å². The van der Waals surface area contributed by atoms with Gasteiger partial charge in [-0.15, -0.1) is 0 Å². The molecule has 0 aliphatic carbocycles. The molecule has 2 nitrogen and oxygen atoms in total. The molecule has 0 amide bonds. The predicted molar refractivity (Wildman–Crippen MR) is 76.2 cm³/mol. The smallest absolute Gasteiger partial charge is 0.0321 e. The molecule has 2 atom stereocenters. The summed E-state index contributed by atoms with van der Waals surface area (Å²) in [5.41, 5.74) is 1.41. The number of nitrogens with one attached hydrogen (secondary N) is 1. The highest BCUT2D eigenvalue weighted by Crippen LogP contribution is 2.23. The second kappa shape index (κ2) is 5.98. The van der Waals surface area contributed by atoms with Crippen LogP contribution in [-0.2, 0) is 0 Å². The highest BCUT2D eigenvalue weighted by molar-refractivity contribution is 9.10. The van der Waals surface area contributed by atoms with Gasteiger partial charge in [-0.2, -0.15) is 0 Å². The lowest BCUT2D eigenvalue weighted by Gasteiger charge is -2.37. The summed E-state index contributed by atoms with van der Waals surface area (Å²) < 4.78 is 1.15. The Morgan fingerprint density at radius 1 is 1.41 bits per heavy atom. The van der Waals surface area contributed by atoms with Crippen molar-refractivity contribution in [3.8, 4) is 0 Å². The lowest BCUT2D eigenvalue weighted by Crippen LogP contribution is -2.50. The van der Waals surface area contributed by atoms with Gasteiger partial charge in [-0.05, 0) is 31.0 Å². The summed E-state index contributed by atoms with van der Waals surface area (Å²) in [5.74, 6) is 0. The van der Waals surface area contributed by atoms with Crippen molar-refractivity contribution in [2.24, 2.45) is 0 Å². The topological polar surface area (TPSA) is 15.3 Å². The van der Waals surface area contributed by atoms with Gasteiger partial charge in [-0.3, -0.25) is 4.90 Å². The van der Waals surface area contributed by atoms with Crippen LogP contribution in [0.15, 0.2) is 28.7 Å². The van der Waals surface area contributed by atoms with E-state index in [1.165, 1.54) is 12.0 Å². The Labute approximate surface area is 113 Å². The average Bonchev–Trinajstić information content (AvgIpc) is 2.39. The summed E-state index contributed by atoms with van der Waals surface area (Å²) in [6.45, 7) is 7.98. The van der Waals surface area contributed by atoms with Gasteiger partial charge in [0.15, 0.2) is 0 Å². The summed E-state index contributed by atoms with van der Waals surface area (Å²) in [6.07, 6.45) is 1.21. The summed E-state index contributed by atoms with van der Waals surface area (Å²) >= 11 is 3.49.